The molecule has 2 atom stereocenters. The number of carbonyl (C=O) groups is 3. The molecule has 1 saturated heterocycles. The minimum atomic E-state index is -1.33. The molecule has 8 heteroatoms. The number of nitro benzene ring substituents is 1. The third kappa shape index (κ3) is 2.29. The highest BCUT2D eigenvalue weighted by Gasteiger charge is 2.70. The number of halogens is 1. The summed E-state index contributed by atoms with van der Waals surface area (Å²) in [6.07, 6.45) is 0. The summed E-state index contributed by atoms with van der Waals surface area (Å²) in [4.78, 5) is 53.2. The summed E-state index contributed by atoms with van der Waals surface area (Å²) in [5.41, 5.74) is 1.52. The van der Waals surface area contributed by atoms with E-state index in [-0.39, 0.29) is 22.2 Å². The summed E-state index contributed by atoms with van der Waals surface area (Å²) in [5.74, 6) is -3.51. The highest BCUT2D eigenvalue weighted by Crippen LogP contribution is 2.64. The minimum absolute atomic E-state index is 0.0357. The van der Waals surface area contributed by atoms with E-state index in [0.29, 0.717) is 0 Å². The predicted octanol–water partition coefficient (Wildman–Crippen LogP) is 4.39. The van der Waals surface area contributed by atoms with Crippen molar-refractivity contribution in [2.45, 2.75) is 18.3 Å². The van der Waals surface area contributed by atoms with Crippen LogP contribution >= 0.6 is 11.6 Å². The van der Waals surface area contributed by atoms with Gasteiger partial charge in [0.05, 0.1) is 32.9 Å². The van der Waals surface area contributed by atoms with Gasteiger partial charge in [0.15, 0.2) is 0 Å². The molecule has 4 aliphatic rings. The Balaban J connectivity index is 1.65. The van der Waals surface area contributed by atoms with Crippen molar-refractivity contribution in [1.29, 1.82) is 0 Å². The number of Topliss-reactive ketones (excluding diaryl/α,β-unsaturated/α-hetero) is 1. The number of rotatable bonds is 3. The molecule has 1 aliphatic heterocycles. The van der Waals surface area contributed by atoms with Crippen LogP contribution in [0.4, 0.5) is 11.4 Å². The molecule has 7 rings (SSSR count). The van der Waals surface area contributed by atoms with Crippen LogP contribution < -0.4 is 4.90 Å². The molecular weight excluding hydrogens is 456 g/mol. The predicted molar refractivity (Wildman–Crippen MR) is 124 cm³/mol. The second kappa shape index (κ2) is 6.84. The molecule has 168 valence electrons. The molecule has 0 radical (unpaired) electrons. The number of hydrogen-bond donors (Lipinski definition) is 0. The molecule has 0 unspecified atom stereocenters. The van der Waals surface area contributed by atoms with Gasteiger partial charge in [-0.2, -0.15) is 0 Å². The number of benzene rings is 3. The molecule has 2 amide bonds. The van der Waals surface area contributed by atoms with E-state index in [4.69, 9.17) is 11.6 Å². The molecule has 7 nitrogen and oxygen atoms in total. The van der Waals surface area contributed by atoms with Crippen molar-refractivity contribution in [3.05, 3.63) is 104 Å². The Hall–Kier alpha value is -3.84. The number of anilines is 1. The molecule has 0 spiro atoms. The SMILES string of the molecule is CC(=O)C12c3ccccc3C(c3ccccc31)[C@@H]1C(=O)N(c3cc([N+](=O)[O-])ccc3Cl)C(=O)[C@H]12. The van der Waals surface area contributed by atoms with Crippen molar-refractivity contribution in [3.8, 4) is 0 Å². The van der Waals surface area contributed by atoms with Gasteiger partial charge < -0.3 is 0 Å². The Kier molecular flexibility index (Phi) is 4.17. The van der Waals surface area contributed by atoms with Gasteiger partial charge in [-0.05, 0) is 35.2 Å². The second-order valence-corrected chi connectivity index (χ2v) is 9.33. The van der Waals surface area contributed by atoms with Gasteiger partial charge in [0, 0.05) is 18.1 Å². The van der Waals surface area contributed by atoms with Crippen LogP contribution in [0.3, 0.4) is 0 Å². The molecule has 1 fully saturated rings. The average Bonchev–Trinajstić information content (AvgIpc) is 3.10. The fourth-order valence-electron chi connectivity index (χ4n) is 6.39. The van der Waals surface area contributed by atoms with Crippen molar-refractivity contribution in [2.75, 3.05) is 4.90 Å². The number of nitrogens with zero attached hydrogens (tertiary/aromatic N) is 2. The summed E-state index contributed by atoms with van der Waals surface area (Å²) in [7, 11) is 0. The highest BCUT2D eigenvalue weighted by atomic mass is 35.5. The maximum atomic E-state index is 14.0. The molecule has 3 aliphatic carbocycles. The molecule has 3 aromatic carbocycles. The number of carbonyl (C=O) groups excluding carboxylic acids is 3. The molecular formula is C26H17ClN2O5. The van der Waals surface area contributed by atoms with E-state index in [1.54, 1.807) is 0 Å². The number of hydrogen-bond acceptors (Lipinski definition) is 5. The number of imide groups is 1. The van der Waals surface area contributed by atoms with Crippen LogP contribution in [0.25, 0.3) is 0 Å². The van der Waals surface area contributed by atoms with Crippen molar-refractivity contribution < 1.29 is 19.3 Å². The highest BCUT2D eigenvalue weighted by molar-refractivity contribution is 6.36. The van der Waals surface area contributed by atoms with E-state index in [1.165, 1.54) is 19.1 Å². The van der Waals surface area contributed by atoms with Gasteiger partial charge in [-0.3, -0.25) is 24.5 Å². The lowest BCUT2D eigenvalue weighted by molar-refractivity contribution is -0.384. The third-order valence-corrected chi connectivity index (χ3v) is 7.87. The molecule has 0 aromatic heterocycles. The summed E-state index contributed by atoms with van der Waals surface area (Å²) in [6.45, 7) is 1.46. The fraction of sp³-hybridized carbons (Fsp3) is 0.192. The summed E-state index contributed by atoms with van der Waals surface area (Å²) in [5, 5.41) is 11.4. The lowest BCUT2D eigenvalue weighted by atomic mass is 9.46. The zero-order valence-electron chi connectivity index (χ0n) is 17.9. The van der Waals surface area contributed by atoms with Gasteiger partial charge in [-0.1, -0.05) is 60.1 Å². The Morgan fingerprint density at radius 1 is 0.971 bits per heavy atom. The topological polar surface area (TPSA) is 97.6 Å². The Bertz CT molecular complexity index is 1420. The van der Waals surface area contributed by atoms with Crippen LogP contribution in [-0.2, 0) is 19.8 Å². The third-order valence-electron chi connectivity index (χ3n) is 7.55. The standard InChI is InChI=1S/C26H17ClN2O5/c1-13(30)26-17-8-4-2-6-15(17)21(16-7-3-5-9-18(16)26)22-23(26)25(32)28(24(22)31)20-12-14(29(33)34)10-11-19(20)27/h2-12,21-23H,1H3/t21?,22-,23-,26?/m0/s1. The fourth-order valence-corrected chi connectivity index (χ4v) is 6.60. The van der Waals surface area contributed by atoms with E-state index in [9.17, 15) is 24.5 Å². The van der Waals surface area contributed by atoms with Crippen molar-refractivity contribution in [3.63, 3.8) is 0 Å². The molecule has 3 aromatic rings. The quantitative estimate of drug-likeness (QED) is 0.320. The summed E-state index contributed by atoms with van der Waals surface area (Å²) in [6, 6.07) is 18.6. The van der Waals surface area contributed by atoms with Gasteiger partial charge in [0.1, 0.15) is 5.78 Å². The van der Waals surface area contributed by atoms with Gasteiger partial charge in [0.2, 0.25) is 11.8 Å². The number of ketones is 1. The number of non-ortho nitro benzene ring substituents is 1. The van der Waals surface area contributed by atoms with E-state index in [0.717, 1.165) is 33.2 Å². The number of nitro groups is 1. The monoisotopic (exact) mass is 472 g/mol. The smallest absolute Gasteiger partial charge is 0.271 e. The van der Waals surface area contributed by atoms with Gasteiger partial charge in [-0.15, -0.1) is 0 Å². The second-order valence-electron chi connectivity index (χ2n) is 8.92. The van der Waals surface area contributed by atoms with Gasteiger partial charge in [-0.25, -0.2) is 4.90 Å². The first-order chi connectivity index (χ1) is 16.3. The van der Waals surface area contributed by atoms with Gasteiger partial charge >= 0.3 is 0 Å². The summed E-state index contributed by atoms with van der Waals surface area (Å²) < 4.78 is 0. The van der Waals surface area contributed by atoms with Crippen LogP contribution in [0.2, 0.25) is 5.02 Å². The largest absolute Gasteiger partial charge is 0.299 e. The Morgan fingerprint density at radius 2 is 1.56 bits per heavy atom. The maximum Gasteiger partial charge on any atom is 0.271 e. The molecule has 0 N–H and O–H groups in total. The first kappa shape index (κ1) is 20.7. The normalized spacial score (nSPS) is 26.2. The lowest BCUT2D eigenvalue weighted by Crippen LogP contribution is -2.57. The minimum Gasteiger partial charge on any atom is -0.299 e. The Labute approximate surface area is 199 Å². The number of amides is 2. The van der Waals surface area contributed by atoms with E-state index >= 15 is 0 Å². The van der Waals surface area contributed by atoms with E-state index in [2.05, 4.69) is 0 Å². The zero-order valence-corrected chi connectivity index (χ0v) is 18.7. The Morgan fingerprint density at radius 3 is 2.12 bits per heavy atom. The molecule has 34 heavy (non-hydrogen) atoms. The van der Waals surface area contributed by atoms with E-state index < -0.39 is 39.9 Å². The van der Waals surface area contributed by atoms with Gasteiger partial charge in [0.25, 0.3) is 5.69 Å². The summed E-state index contributed by atoms with van der Waals surface area (Å²) >= 11 is 6.34. The maximum absolute atomic E-state index is 14.0. The van der Waals surface area contributed by atoms with E-state index in [1.807, 2.05) is 48.5 Å². The van der Waals surface area contributed by atoms with Crippen LogP contribution in [-0.4, -0.2) is 22.5 Å². The van der Waals surface area contributed by atoms with Crippen LogP contribution in [0.15, 0.2) is 66.7 Å². The lowest BCUT2D eigenvalue weighted by Gasteiger charge is -2.52. The first-order valence-corrected chi connectivity index (χ1v) is 11.2. The molecule has 1 heterocycles. The molecule has 2 bridgehead atoms. The zero-order chi connectivity index (χ0) is 23.9. The van der Waals surface area contributed by atoms with Crippen LogP contribution in [0, 0.1) is 22.0 Å². The van der Waals surface area contributed by atoms with Crippen molar-refractivity contribution in [1.82, 2.24) is 0 Å². The molecule has 0 saturated carbocycles. The van der Waals surface area contributed by atoms with Crippen LogP contribution in [0.5, 0.6) is 0 Å². The first-order valence-electron chi connectivity index (χ1n) is 10.8. The average molecular weight is 473 g/mol. The van der Waals surface area contributed by atoms with Crippen molar-refractivity contribution in [2.24, 2.45) is 11.8 Å². The van der Waals surface area contributed by atoms with Crippen LogP contribution in [0.1, 0.15) is 35.1 Å². The van der Waals surface area contributed by atoms with Crippen molar-refractivity contribution >= 4 is 40.6 Å².